The molecule has 34 heavy (non-hydrogen) atoms. The summed E-state index contributed by atoms with van der Waals surface area (Å²) in [5.74, 6) is 2.42. The molecule has 174 valence electrons. The van der Waals surface area contributed by atoms with E-state index in [1.807, 2.05) is 30.3 Å². The predicted octanol–water partition coefficient (Wildman–Crippen LogP) is 4.53. The minimum absolute atomic E-state index is 0.0887. The van der Waals surface area contributed by atoms with Crippen LogP contribution in [0.25, 0.3) is 22.2 Å². The Morgan fingerprint density at radius 1 is 1.12 bits per heavy atom. The van der Waals surface area contributed by atoms with Gasteiger partial charge >= 0.3 is 0 Å². The Bertz CT molecular complexity index is 1400. The van der Waals surface area contributed by atoms with Gasteiger partial charge < -0.3 is 15.4 Å². The first-order chi connectivity index (χ1) is 16.5. The lowest BCUT2D eigenvalue weighted by Crippen LogP contribution is -2.35. The number of nitrogens with two attached hydrogens (primary N) is 1. The van der Waals surface area contributed by atoms with Crippen molar-refractivity contribution in [2.24, 2.45) is 7.05 Å². The van der Waals surface area contributed by atoms with Crippen LogP contribution in [0.15, 0.2) is 59.7 Å². The number of anilines is 2. The molecule has 0 amide bonds. The Kier molecular flexibility index (Phi) is 5.88. The van der Waals surface area contributed by atoms with Crippen molar-refractivity contribution in [1.82, 2.24) is 19.5 Å². The molecule has 5 rings (SSSR count). The number of fused-ring (bicyclic) bond motifs is 1. The standard InChI is InChI=1S/C26H28N6O2/c1-3-5-18-6-4-13-32(18)26-29-16-21(25(33)31(26)2)23-9-7-17-14-19(8-10-22(17)30-23)34-20-11-12-28-24(27)15-20/h7-12,14-16,18H,3-6,13H2,1-2H3,(H2,27,28). The number of hydrogen-bond donors (Lipinski definition) is 1. The van der Waals surface area contributed by atoms with Gasteiger partial charge in [0.25, 0.3) is 5.56 Å². The number of aromatic nitrogens is 4. The van der Waals surface area contributed by atoms with Gasteiger partial charge in [-0.25, -0.2) is 15.0 Å². The molecule has 0 saturated carbocycles. The normalized spacial score (nSPS) is 15.7. The van der Waals surface area contributed by atoms with E-state index >= 15 is 0 Å². The van der Waals surface area contributed by atoms with Gasteiger partial charge in [-0.3, -0.25) is 9.36 Å². The average molecular weight is 457 g/mol. The van der Waals surface area contributed by atoms with Gasteiger partial charge in [-0.1, -0.05) is 19.4 Å². The summed E-state index contributed by atoms with van der Waals surface area (Å²) in [6, 6.07) is 13.3. The molecule has 0 aliphatic carbocycles. The molecule has 3 aromatic heterocycles. The van der Waals surface area contributed by atoms with E-state index in [1.165, 1.54) is 0 Å². The van der Waals surface area contributed by atoms with Crippen LogP contribution in [0.4, 0.5) is 11.8 Å². The maximum Gasteiger partial charge on any atom is 0.264 e. The predicted molar refractivity (Wildman–Crippen MR) is 134 cm³/mol. The summed E-state index contributed by atoms with van der Waals surface area (Å²) in [6.07, 6.45) is 7.79. The highest BCUT2D eigenvalue weighted by Crippen LogP contribution is 2.28. The largest absolute Gasteiger partial charge is 0.457 e. The number of pyridine rings is 2. The minimum atomic E-state index is -0.0887. The molecule has 1 atom stereocenters. The van der Waals surface area contributed by atoms with Crippen LogP contribution < -0.4 is 20.9 Å². The first kappa shape index (κ1) is 21.9. The van der Waals surface area contributed by atoms with Crippen molar-refractivity contribution in [2.75, 3.05) is 17.2 Å². The summed E-state index contributed by atoms with van der Waals surface area (Å²) in [5.41, 5.74) is 7.51. The van der Waals surface area contributed by atoms with Crippen molar-refractivity contribution >= 4 is 22.7 Å². The van der Waals surface area contributed by atoms with E-state index in [0.29, 0.717) is 34.6 Å². The molecule has 0 radical (unpaired) electrons. The zero-order valence-electron chi connectivity index (χ0n) is 19.4. The molecule has 1 saturated heterocycles. The Morgan fingerprint density at radius 3 is 2.79 bits per heavy atom. The van der Waals surface area contributed by atoms with Crippen LogP contribution in [0.1, 0.15) is 32.6 Å². The second kappa shape index (κ2) is 9.13. The Balaban J connectivity index is 1.44. The molecule has 1 unspecified atom stereocenters. The number of ether oxygens (including phenoxy) is 1. The van der Waals surface area contributed by atoms with Crippen molar-refractivity contribution in [3.05, 3.63) is 65.2 Å². The Labute approximate surface area is 198 Å². The topological polar surface area (TPSA) is 99.2 Å². The zero-order chi connectivity index (χ0) is 23.7. The van der Waals surface area contributed by atoms with E-state index < -0.39 is 0 Å². The summed E-state index contributed by atoms with van der Waals surface area (Å²) in [4.78, 5) is 28.9. The number of nitrogens with zero attached hydrogens (tertiary/aromatic N) is 5. The minimum Gasteiger partial charge on any atom is -0.457 e. The van der Waals surface area contributed by atoms with Crippen LogP contribution in [-0.4, -0.2) is 32.1 Å². The molecule has 1 aromatic carbocycles. The monoisotopic (exact) mass is 456 g/mol. The first-order valence-corrected chi connectivity index (χ1v) is 11.7. The Hall–Kier alpha value is -3.94. The van der Waals surface area contributed by atoms with Gasteiger partial charge in [0.05, 0.1) is 16.8 Å². The number of benzene rings is 1. The molecule has 8 nitrogen and oxygen atoms in total. The fourth-order valence-corrected chi connectivity index (χ4v) is 4.66. The van der Waals surface area contributed by atoms with E-state index in [-0.39, 0.29) is 5.56 Å². The second-order valence-electron chi connectivity index (χ2n) is 8.68. The molecule has 1 fully saturated rings. The summed E-state index contributed by atoms with van der Waals surface area (Å²) in [5, 5.41) is 0.907. The lowest BCUT2D eigenvalue weighted by atomic mass is 10.1. The van der Waals surface area contributed by atoms with Gasteiger partial charge in [0.15, 0.2) is 0 Å². The third-order valence-electron chi connectivity index (χ3n) is 6.32. The van der Waals surface area contributed by atoms with Crippen LogP contribution in [0.3, 0.4) is 0 Å². The summed E-state index contributed by atoms with van der Waals surface area (Å²) >= 11 is 0. The number of nitrogen functional groups attached to an aromatic ring is 1. The quantitative estimate of drug-likeness (QED) is 0.455. The average Bonchev–Trinajstić information content (AvgIpc) is 3.29. The molecule has 4 heterocycles. The van der Waals surface area contributed by atoms with Gasteiger partial charge in [-0.05, 0) is 49.6 Å². The molecule has 1 aliphatic rings. The maximum atomic E-state index is 13.3. The molecule has 0 spiro atoms. The molecule has 8 heteroatoms. The molecule has 4 aromatic rings. The molecule has 2 N–H and O–H groups in total. The lowest BCUT2D eigenvalue weighted by Gasteiger charge is -2.27. The first-order valence-electron chi connectivity index (χ1n) is 11.7. The van der Waals surface area contributed by atoms with E-state index in [1.54, 1.807) is 36.1 Å². The SMILES string of the molecule is CCCC1CCCN1c1ncc(-c2ccc3cc(Oc4ccnc(N)c4)ccc3n2)c(=O)n1C. The van der Waals surface area contributed by atoms with Crippen molar-refractivity contribution in [2.45, 2.75) is 38.6 Å². The van der Waals surface area contributed by atoms with E-state index in [4.69, 9.17) is 20.4 Å². The zero-order valence-corrected chi connectivity index (χ0v) is 19.4. The van der Waals surface area contributed by atoms with Crippen LogP contribution in [0.2, 0.25) is 0 Å². The molecular weight excluding hydrogens is 428 g/mol. The van der Waals surface area contributed by atoms with E-state index in [9.17, 15) is 4.79 Å². The third kappa shape index (κ3) is 4.19. The summed E-state index contributed by atoms with van der Waals surface area (Å²) < 4.78 is 7.55. The smallest absolute Gasteiger partial charge is 0.264 e. The van der Waals surface area contributed by atoms with Gasteiger partial charge in [0.2, 0.25) is 5.95 Å². The Morgan fingerprint density at radius 2 is 1.97 bits per heavy atom. The van der Waals surface area contributed by atoms with Crippen LogP contribution >= 0.6 is 0 Å². The highest BCUT2D eigenvalue weighted by atomic mass is 16.5. The van der Waals surface area contributed by atoms with Crippen LogP contribution in [0, 0.1) is 0 Å². The van der Waals surface area contributed by atoms with Crippen molar-refractivity contribution in [1.29, 1.82) is 0 Å². The fraction of sp³-hybridized carbons (Fsp3) is 0.308. The van der Waals surface area contributed by atoms with Crippen molar-refractivity contribution in [3.63, 3.8) is 0 Å². The van der Waals surface area contributed by atoms with Gasteiger partial charge in [-0.2, -0.15) is 0 Å². The highest BCUT2D eigenvalue weighted by Gasteiger charge is 2.27. The lowest BCUT2D eigenvalue weighted by molar-refractivity contribution is 0.483. The van der Waals surface area contributed by atoms with Crippen molar-refractivity contribution < 1.29 is 4.74 Å². The molecule has 0 bridgehead atoms. The van der Waals surface area contributed by atoms with Gasteiger partial charge in [0.1, 0.15) is 17.3 Å². The number of hydrogen-bond acceptors (Lipinski definition) is 7. The van der Waals surface area contributed by atoms with E-state index in [2.05, 4.69) is 16.8 Å². The third-order valence-corrected chi connectivity index (χ3v) is 6.32. The van der Waals surface area contributed by atoms with Gasteiger partial charge in [0, 0.05) is 43.5 Å². The maximum absolute atomic E-state index is 13.3. The molecular formula is C26H28N6O2. The van der Waals surface area contributed by atoms with Crippen LogP contribution in [-0.2, 0) is 7.05 Å². The fourth-order valence-electron chi connectivity index (χ4n) is 4.66. The number of rotatable bonds is 6. The molecule has 1 aliphatic heterocycles. The summed E-state index contributed by atoms with van der Waals surface area (Å²) in [6.45, 7) is 3.14. The second-order valence-corrected chi connectivity index (χ2v) is 8.68. The summed E-state index contributed by atoms with van der Waals surface area (Å²) in [7, 11) is 1.80. The van der Waals surface area contributed by atoms with Crippen molar-refractivity contribution in [3.8, 4) is 22.8 Å². The van der Waals surface area contributed by atoms with Crippen LogP contribution in [0.5, 0.6) is 11.5 Å². The van der Waals surface area contributed by atoms with E-state index in [0.717, 1.165) is 49.1 Å². The highest BCUT2D eigenvalue weighted by molar-refractivity contribution is 5.83. The van der Waals surface area contributed by atoms with Gasteiger partial charge in [-0.15, -0.1) is 0 Å².